The molecule has 0 saturated heterocycles. The summed E-state index contributed by atoms with van der Waals surface area (Å²) < 4.78 is 39.2. The Morgan fingerprint density at radius 1 is 1.35 bits per heavy atom. The summed E-state index contributed by atoms with van der Waals surface area (Å²) in [7, 11) is 0. The third-order valence-corrected chi connectivity index (χ3v) is 1.65. The Labute approximate surface area is 95.3 Å². The predicted molar refractivity (Wildman–Crippen MR) is 54.1 cm³/mol. The first kappa shape index (κ1) is 12.8. The fourth-order valence-electron chi connectivity index (χ4n) is 1.02. The van der Waals surface area contributed by atoms with Crippen molar-refractivity contribution in [1.82, 2.24) is 5.43 Å². The highest BCUT2D eigenvalue weighted by molar-refractivity contribution is 5.74. The van der Waals surface area contributed by atoms with Crippen molar-refractivity contribution >= 4 is 6.21 Å². The van der Waals surface area contributed by atoms with E-state index in [2.05, 4.69) is 15.3 Å². The van der Waals surface area contributed by atoms with Crippen molar-refractivity contribution in [3.63, 3.8) is 0 Å². The molecule has 1 rings (SSSR count). The molecule has 0 aliphatic rings. The van der Waals surface area contributed by atoms with E-state index in [1.165, 1.54) is 24.3 Å². The Bertz CT molecular complexity index is 420. The number of ether oxygens (including phenoxy) is 1. The number of nitriles is 1. The molecule has 0 unspecified atom stereocenters. The first-order valence-electron chi connectivity index (χ1n) is 4.50. The largest absolute Gasteiger partial charge is 0.573 e. The van der Waals surface area contributed by atoms with Gasteiger partial charge in [-0.3, -0.25) is 0 Å². The number of hydrogen-bond donors (Lipinski definition) is 1. The third-order valence-electron chi connectivity index (χ3n) is 1.65. The number of hydrogen-bond acceptors (Lipinski definition) is 4. The summed E-state index contributed by atoms with van der Waals surface area (Å²) in [6.07, 6.45) is -3.67. The van der Waals surface area contributed by atoms with Crippen LogP contribution in [0.3, 0.4) is 0 Å². The normalized spacial score (nSPS) is 11.2. The molecule has 0 aromatic heterocycles. The van der Waals surface area contributed by atoms with Gasteiger partial charge in [0.05, 0.1) is 6.54 Å². The van der Waals surface area contributed by atoms with E-state index >= 15 is 0 Å². The molecule has 0 aliphatic heterocycles. The maximum Gasteiger partial charge on any atom is 0.573 e. The van der Waals surface area contributed by atoms with Crippen molar-refractivity contribution in [3.8, 4) is 11.8 Å². The van der Waals surface area contributed by atoms with Gasteiger partial charge in [0.15, 0.2) is 0 Å². The monoisotopic (exact) mass is 243 g/mol. The van der Waals surface area contributed by atoms with Crippen LogP contribution in [0.2, 0.25) is 0 Å². The molecule has 0 atom stereocenters. The van der Waals surface area contributed by atoms with Crippen LogP contribution in [-0.4, -0.2) is 12.6 Å². The second-order valence-electron chi connectivity index (χ2n) is 2.91. The van der Waals surface area contributed by atoms with Gasteiger partial charge in [-0.2, -0.15) is 10.4 Å². The minimum atomic E-state index is -4.68. The average molecular weight is 243 g/mol. The first-order chi connectivity index (χ1) is 8.01. The van der Waals surface area contributed by atoms with Crippen LogP contribution in [0.15, 0.2) is 29.4 Å². The van der Waals surface area contributed by atoms with E-state index in [0.29, 0.717) is 6.54 Å². The molecule has 0 amide bonds. The van der Waals surface area contributed by atoms with Crippen molar-refractivity contribution in [1.29, 1.82) is 5.26 Å². The van der Waals surface area contributed by atoms with E-state index in [-0.39, 0.29) is 5.75 Å². The van der Waals surface area contributed by atoms with Crippen LogP contribution < -0.4 is 10.2 Å². The zero-order chi connectivity index (χ0) is 12.7. The van der Waals surface area contributed by atoms with Gasteiger partial charge in [-0.1, -0.05) is 12.1 Å². The van der Waals surface area contributed by atoms with Crippen LogP contribution in [0.1, 0.15) is 5.56 Å². The van der Waals surface area contributed by atoms with Crippen molar-refractivity contribution in [2.24, 2.45) is 5.10 Å². The zero-order valence-electron chi connectivity index (χ0n) is 8.53. The fourth-order valence-corrected chi connectivity index (χ4v) is 1.02. The zero-order valence-corrected chi connectivity index (χ0v) is 8.53. The molecule has 17 heavy (non-hydrogen) atoms. The summed E-state index contributed by atoms with van der Waals surface area (Å²) in [6, 6.07) is 7.04. The van der Waals surface area contributed by atoms with Gasteiger partial charge in [-0.05, 0) is 17.7 Å². The number of hydrazone groups is 1. The average Bonchev–Trinajstić information content (AvgIpc) is 2.25. The molecule has 0 heterocycles. The van der Waals surface area contributed by atoms with Gasteiger partial charge >= 0.3 is 6.36 Å². The Balaban J connectivity index is 2.51. The lowest BCUT2D eigenvalue weighted by Crippen LogP contribution is -2.17. The van der Waals surface area contributed by atoms with Crippen LogP contribution in [-0.2, 0) is 6.54 Å². The number of nitrogens with zero attached hydrogens (tertiary/aromatic N) is 2. The van der Waals surface area contributed by atoms with Crippen molar-refractivity contribution in [3.05, 3.63) is 29.8 Å². The minimum Gasteiger partial charge on any atom is -0.406 e. The second kappa shape index (κ2) is 5.75. The molecule has 0 fully saturated rings. The molecule has 90 valence electrons. The van der Waals surface area contributed by atoms with Gasteiger partial charge in [-0.25, -0.2) is 0 Å². The van der Waals surface area contributed by atoms with Gasteiger partial charge < -0.3 is 10.2 Å². The summed E-state index contributed by atoms with van der Waals surface area (Å²) in [5.74, 6) is -0.276. The summed E-state index contributed by atoms with van der Waals surface area (Å²) in [5.41, 5.74) is 3.27. The number of nitrogens with one attached hydrogen (secondary N) is 1. The van der Waals surface area contributed by atoms with Crippen LogP contribution in [0.4, 0.5) is 13.2 Å². The lowest BCUT2D eigenvalue weighted by atomic mass is 10.2. The predicted octanol–water partition coefficient (Wildman–Crippen LogP) is 2.18. The number of halogens is 3. The van der Waals surface area contributed by atoms with E-state index in [9.17, 15) is 13.2 Å². The van der Waals surface area contributed by atoms with Crippen LogP contribution in [0, 0.1) is 11.3 Å². The van der Waals surface area contributed by atoms with E-state index in [0.717, 1.165) is 11.8 Å². The van der Waals surface area contributed by atoms with E-state index in [4.69, 9.17) is 5.26 Å². The molecule has 1 N–H and O–H groups in total. The highest BCUT2D eigenvalue weighted by atomic mass is 19.4. The van der Waals surface area contributed by atoms with Crippen LogP contribution in [0.25, 0.3) is 0 Å². The van der Waals surface area contributed by atoms with E-state index in [1.54, 1.807) is 6.07 Å². The maximum absolute atomic E-state index is 11.8. The Kier molecular flexibility index (Phi) is 4.34. The smallest absolute Gasteiger partial charge is 0.406 e. The van der Waals surface area contributed by atoms with E-state index < -0.39 is 6.36 Å². The van der Waals surface area contributed by atoms with Crippen LogP contribution >= 0.6 is 0 Å². The molecule has 0 saturated carbocycles. The summed E-state index contributed by atoms with van der Waals surface area (Å²) >= 11 is 0. The van der Waals surface area contributed by atoms with Gasteiger partial charge in [0.25, 0.3) is 0 Å². The van der Waals surface area contributed by atoms with Crippen molar-refractivity contribution in [2.45, 2.75) is 12.9 Å². The molecule has 0 spiro atoms. The van der Waals surface area contributed by atoms with E-state index in [1.807, 2.05) is 0 Å². The topological polar surface area (TPSA) is 57.4 Å². The fraction of sp³-hybridized carbons (Fsp3) is 0.200. The summed E-state index contributed by atoms with van der Waals surface area (Å²) in [5, 5.41) is 11.7. The highest BCUT2D eigenvalue weighted by Gasteiger charge is 2.30. The third kappa shape index (κ3) is 5.41. The first-order valence-corrected chi connectivity index (χ1v) is 4.50. The van der Waals surface area contributed by atoms with Crippen molar-refractivity contribution < 1.29 is 17.9 Å². The molecular weight excluding hydrogens is 235 g/mol. The number of alkyl halides is 3. The highest BCUT2D eigenvalue weighted by Crippen LogP contribution is 2.22. The molecule has 7 heteroatoms. The Morgan fingerprint density at radius 2 is 2.00 bits per heavy atom. The summed E-state index contributed by atoms with van der Waals surface area (Å²) in [4.78, 5) is 0. The summed E-state index contributed by atoms with van der Waals surface area (Å²) in [6.45, 7) is 0.310. The van der Waals surface area contributed by atoms with Gasteiger partial charge in [0.2, 0.25) is 0 Å². The molecule has 4 nitrogen and oxygen atoms in total. The van der Waals surface area contributed by atoms with Gasteiger partial charge in [-0.15, -0.1) is 13.2 Å². The van der Waals surface area contributed by atoms with Gasteiger partial charge in [0, 0.05) is 0 Å². The molecule has 0 aliphatic carbocycles. The second-order valence-corrected chi connectivity index (χ2v) is 2.91. The molecule has 1 aromatic carbocycles. The lowest BCUT2D eigenvalue weighted by Gasteiger charge is -2.09. The molecule has 1 aromatic rings. The van der Waals surface area contributed by atoms with Crippen molar-refractivity contribution in [2.75, 3.05) is 0 Å². The molecular formula is C10H8F3N3O. The number of rotatable bonds is 4. The minimum absolute atomic E-state index is 0.276. The lowest BCUT2D eigenvalue weighted by molar-refractivity contribution is -0.274. The Hall–Kier alpha value is -2.23. The standard InChI is InChI=1S/C10H8F3N3O/c11-10(12,13)17-9-3-1-8(2-4-9)7-16-15-6-5-14/h1-4,6,16H,7H2. The molecule has 0 radical (unpaired) electrons. The maximum atomic E-state index is 11.8. The van der Waals surface area contributed by atoms with Crippen LogP contribution in [0.5, 0.6) is 5.75 Å². The number of benzene rings is 1. The SMILES string of the molecule is N#CC=NNCc1ccc(OC(F)(F)F)cc1. The Morgan fingerprint density at radius 3 is 2.53 bits per heavy atom. The van der Waals surface area contributed by atoms with Gasteiger partial charge in [0.1, 0.15) is 18.0 Å². The quantitative estimate of drug-likeness (QED) is 0.651. The molecule has 0 bridgehead atoms.